The van der Waals surface area contributed by atoms with Crippen LogP contribution in [0.1, 0.15) is 46.5 Å². The molecule has 0 saturated heterocycles. The first-order chi connectivity index (χ1) is 18.3. The van der Waals surface area contributed by atoms with Gasteiger partial charge in [0.05, 0.1) is 11.5 Å². The molecule has 6 N–H and O–H groups in total. The average Bonchev–Trinajstić information content (AvgIpc) is 2.86. The molecule has 0 heterocycles. The third-order valence-electron chi connectivity index (χ3n) is 8.65. The van der Waals surface area contributed by atoms with Gasteiger partial charge in [-0.05, 0) is 59.6 Å². The van der Waals surface area contributed by atoms with E-state index in [4.69, 9.17) is 11.5 Å². The lowest BCUT2D eigenvalue weighted by Crippen LogP contribution is -2.71. The molecule has 2 fully saturated rings. The summed E-state index contributed by atoms with van der Waals surface area (Å²) in [5.41, 5.74) is 9.75. The van der Waals surface area contributed by atoms with Crippen molar-refractivity contribution >= 4 is 34.9 Å². The Bertz CT molecular complexity index is 1490. The number of aliphatic hydroxyl groups is 1. The second-order valence-electron chi connectivity index (χ2n) is 11.1. The molecule has 10 heteroatoms. The van der Waals surface area contributed by atoms with Crippen molar-refractivity contribution in [2.24, 2.45) is 47.0 Å². The highest BCUT2D eigenvalue weighted by atomic mass is 16.3. The van der Waals surface area contributed by atoms with Crippen LogP contribution in [-0.2, 0) is 25.6 Å². The highest BCUT2D eigenvalue weighted by Crippen LogP contribution is 2.53. The Kier molecular flexibility index (Phi) is 6.06. The molecule has 0 aromatic heterocycles. The lowest BCUT2D eigenvalue weighted by Gasteiger charge is -2.52. The molecule has 5 rings (SSSR count). The minimum absolute atomic E-state index is 0.0136. The van der Waals surface area contributed by atoms with E-state index in [1.165, 1.54) is 6.07 Å². The fraction of sp³-hybridized carbons (Fsp3) is 0.379. The van der Waals surface area contributed by atoms with Gasteiger partial charge in [0.15, 0.2) is 34.7 Å². The van der Waals surface area contributed by atoms with Gasteiger partial charge in [-0.15, -0.1) is 0 Å². The molecule has 2 aromatic rings. The predicted octanol–water partition coefficient (Wildman–Crippen LogP) is 0.975. The zero-order valence-corrected chi connectivity index (χ0v) is 21.3. The fourth-order valence-corrected chi connectivity index (χ4v) is 6.96. The molecule has 2 unspecified atom stereocenters. The molecular formula is C29H28N2O8. The van der Waals surface area contributed by atoms with E-state index in [0.29, 0.717) is 16.7 Å². The fourth-order valence-electron chi connectivity index (χ4n) is 6.96. The third kappa shape index (κ3) is 3.65. The quantitative estimate of drug-likeness (QED) is 0.418. The molecule has 2 saturated carbocycles. The number of phenols is 1. The number of carbonyl (C=O) groups excluding carboxylic acids is 6. The molecule has 6 atom stereocenters. The number of aromatic hydroxyl groups is 1. The lowest BCUT2D eigenvalue weighted by atomic mass is 9.49. The number of hydrogen-bond acceptors (Lipinski definition) is 8. The number of nitrogens with two attached hydrogens (primary N) is 2. The normalized spacial score (nSPS) is 30.0. The molecule has 3 aliphatic rings. The summed E-state index contributed by atoms with van der Waals surface area (Å²) in [5.74, 6) is -12.8. The summed E-state index contributed by atoms with van der Waals surface area (Å²) in [6.45, 7) is 3.38. The Balaban J connectivity index is 1.66. The smallest absolute Gasteiger partial charge is 0.248 e. The minimum atomic E-state index is -2.74. The maximum atomic E-state index is 13.9. The van der Waals surface area contributed by atoms with E-state index in [1.807, 2.05) is 0 Å². The number of phenolic OH excluding ortho intramolecular Hbond substituents is 1. The molecule has 0 spiro atoms. The average molecular weight is 533 g/mol. The molecule has 0 aliphatic heterocycles. The van der Waals surface area contributed by atoms with Crippen LogP contribution in [0.2, 0.25) is 0 Å². The van der Waals surface area contributed by atoms with Crippen molar-refractivity contribution in [2.45, 2.75) is 32.3 Å². The van der Waals surface area contributed by atoms with Crippen molar-refractivity contribution in [3.63, 3.8) is 0 Å². The number of carbonyl (C=O) groups is 6. The molecule has 0 radical (unpaired) electrons. The molecule has 3 aliphatic carbocycles. The summed E-state index contributed by atoms with van der Waals surface area (Å²) >= 11 is 0. The Hall–Kier alpha value is -4.18. The molecule has 39 heavy (non-hydrogen) atoms. The molecule has 0 bridgehead atoms. The number of amides is 2. The van der Waals surface area contributed by atoms with Gasteiger partial charge in [0.1, 0.15) is 5.75 Å². The van der Waals surface area contributed by atoms with Crippen LogP contribution in [0.3, 0.4) is 0 Å². The molecule has 10 nitrogen and oxygen atoms in total. The van der Waals surface area contributed by atoms with Crippen LogP contribution in [-0.4, -0.2) is 50.8 Å². The second-order valence-corrected chi connectivity index (χ2v) is 11.1. The number of Topliss-reactive ketones (excluding diaryl/α,β-unsaturated/α-hetero) is 4. The zero-order valence-electron chi connectivity index (χ0n) is 21.3. The summed E-state index contributed by atoms with van der Waals surface area (Å²) in [4.78, 5) is 78.1. The van der Waals surface area contributed by atoms with Crippen molar-refractivity contribution < 1.29 is 39.0 Å². The van der Waals surface area contributed by atoms with Gasteiger partial charge in [-0.2, -0.15) is 0 Å². The third-order valence-corrected chi connectivity index (χ3v) is 8.65. The van der Waals surface area contributed by atoms with Crippen LogP contribution in [0.15, 0.2) is 36.4 Å². The number of hydrogen-bond donors (Lipinski definition) is 4. The maximum Gasteiger partial charge on any atom is 0.248 e. The topological polar surface area (TPSA) is 195 Å². The standard InChI is InChI=1S/C29H28N2O8/c1-11(2)19-17-10-14-9-16-15(12-4-3-5-13(8-12)27(30)37)6-7-18(32)21(16)24(34)20(14)25(35)29(17,39)26(36)22(23(19)33)28(31)38/h3-8,11,14,17,19-20,22,32,39H,9-10H2,1-2H3,(H2,30,37)(H2,31,38)/t14-,17-,19-,20?,22?,29-/m0/s1. The van der Waals surface area contributed by atoms with E-state index in [-0.39, 0.29) is 29.7 Å². The largest absolute Gasteiger partial charge is 0.507 e. The van der Waals surface area contributed by atoms with Crippen LogP contribution in [0.5, 0.6) is 5.75 Å². The number of benzene rings is 2. The predicted molar refractivity (Wildman–Crippen MR) is 136 cm³/mol. The van der Waals surface area contributed by atoms with Crippen LogP contribution in [0.4, 0.5) is 0 Å². The molecule has 2 aromatic carbocycles. The first-order valence-electron chi connectivity index (χ1n) is 12.7. The van der Waals surface area contributed by atoms with Crippen molar-refractivity contribution in [3.8, 4) is 16.9 Å². The van der Waals surface area contributed by atoms with Crippen molar-refractivity contribution in [1.29, 1.82) is 0 Å². The number of primary amides is 2. The van der Waals surface area contributed by atoms with Gasteiger partial charge in [-0.3, -0.25) is 28.8 Å². The van der Waals surface area contributed by atoms with E-state index in [0.717, 1.165) is 0 Å². The highest BCUT2D eigenvalue weighted by molar-refractivity contribution is 6.32. The first-order valence-corrected chi connectivity index (χ1v) is 12.7. The van der Waals surface area contributed by atoms with Gasteiger partial charge >= 0.3 is 0 Å². The Morgan fingerprint density at radius 2 is 1.72 bits per heavy atom. The van der Waals surface area contributed by atoms with Gasteiger partial charge in [-0.1, -0.05) is 32.0 Å². The number of fused-ring (bicyclic) bond motifs is 3. The van der Waals surface area contributed by atoms with Crippen molar-refractivity contribution in [3.05, 3.63) is 53.1 Å². The summed E-state index contributed by atoms with van der Waals surface area (Å²) in [5, 5.41) is 22.3. The SMILES string of the molecule is CC(C)[C@@H]1C(=O)C(C(N)=O)C(=O)[C@@]2(O)C(=O)C3C(=O)c4c(O)ccc(-c5cccc(C(N)=O)c5)c4C[C@H]3C[C@@H]12. The Morgan fingerprint density at radius 1 is 1.03 bits per heavy atom. The maximum absolute atomic E-state index is 13.9. The van der Waals surface area contributed by atoms with Crippen LogP contribution >= 0.6 is 0 Å². The van der Waals surface area contributed by atoms with E-state index in [2.05, 4.69) is 0 Å². The van der Waals surface area contributed by atoms with Gasteiger partial charge in [0.25, 0.3) is 0 Å². The van der Waals surface area contributed by atoms with Gasteiger partial charge in [0, 0.05) is 17.4 Å². The summed E-state index contributed by atoms with van der Waals surface area (Å²) < 4.78 is 0. The lowest BCUT2D eigenvalue weighted by molar-refractivity contribution is -0.182. The molecule has 2 amide bonds. The van der Waals surface area contributed by atoms with E-state index in [1.54, 1.807) is 44.2 Å². The summed E-state index contributed by atoms with van der Waals surface area (Å²) in [7, 11) is 0. The zero-order chi connectivity index (χ0) is 28.5. The Morgan fingerprint density at radius 3 is 2.33 bits per heavy atom. The van der Waals surface area contributed by atoms with Crippen LogP contribution < -0.4 is 11.5 Å². The van der Waals surface area contributed by atoms with Crippen molar-refractivity contribution in [2.75, 3.05) is 0 Å². The van der Waals surface area contributed by atoms with Gasteiger partial charge in [-0.25, -0.2) is 0 Å². The highest BCUT2D eigenvalue weighted by Gasteiger charge is 2.69. The van der Waals surface area contributed by atoms with Gasteiger partial charge < -0.3 is 21.7 Å². The van der Waals surface area contributed by atoms with Crippen LogP contribution in [0.25, 0.3) is 11.1 Å². The summed E-state index contributed by atoms with van der Waals surface area (Å²) in [6, 6.07) is 9.36. The number of rotatable bonds is 4. The second kappa shape index (κ2) is 8.94. The van der Waals surface area contributed by atoms with E-state index < -0.39 is 76.1 Å². The summed E-state index contributed by atoms with van der Waals surface area (Å²) in [6.07, 6.45) is 0.112. The van der Waals surface area contributed by atoms with Gasteiger partial charge in [0.2, 0.25) is 11.8 Å². The first kappa shape index (κ1) is 26.4. The van der Waals surface area contributed by atoms with E-state index in [9.17, 15) is 39.0 Å². The monoisotopic (exact) mass is 532 g/mol. The molecule has 202 valence electrons. The van der Waals surface area contributed by atoms with Crippen molar-refractivity contribution in [1.82, 2.24) is 0 Å². The molecular weight excluding hydrogens is 504 g/mol. The van der Waals surface area contributed by atoms with E-state index >= 15 is 0 Å². The van der Waals surface area contributed by atoms with Crippen LogP contribution in [0, 0.1) is 35.5 Å². The minimum Gasteiger partial charge on any atom is -0.507 e. The number of ketones is 4. The Labute approximate surface area is 223 Å².